The van der Waals surface area contributed by atoms with Crippen LogP contribution < -0.4 is 10.3 Å². The summed E-state index contributed by atoms with van der Waals surface area (Å²) in [6.07, 6.45) is -0.196. The van der Waals surface area contributed by atoms with E-state index in [0.717, 1.165) is 5.56 Å². The summed E-state index contributed by atoms with van der Waals surface area (Å²) in [6, 6.07) is 13.6. The normalized spacial score (nSPS) is 24.3. The van der Waals surface area contributed by atoms with Gasteiger partial charge in [-0.3, -0.25) is 4.79 Å². The first-order valence-corrected chi connectivity index (χ1v) is 10.6. The molecule has 3 aromatic heterocycles. The highest BCUT2D eigenvalue weighted by Crippen LogP contribution is 2.32. The Morgan fingerprint density at radius 1 is 1.06 bits per heavy atom. The van der Waals surface area contributed by atoms with Gasteiger partial charge in [-0.2, -0.15) is 0 Å². The van der Waals surface area contributed by atoms with Gasteiger partial charge in [0, 0.05) is 29.5 Å². The van der Waals surface area contributed by atoms with Crippen LogP contribution in [0.1, 0.15) is 0 Å². The molecule has 6 rings (SSSR count). The van der Waals surface area contributed by atoms with Crippen LogP contribution >= 0.6 is 0 Å². The summed E-state index contributed by atoms with van der Waals surface area (Å²) in [4.78, 5) is 22.2. The van der Waals surface area contributed by atoms with Crippen LogP contribution in [0.2, 0.25) is 0 Å². The maximum atomic E-state index is 14.9. The van der Waals surface area contributed by atoms with Crippen molar-refractivity contribution in [2.45, 2.75) is 24.4 Å². The Morgan fingerprint density at radius 2 is 1.85 bits per heavy atom. The number of ether oxygens (including phenoxy) is 3. The number of fused-ring (bicyclic) bond motifs is 2. The van der Waals surface area contributed by atoms with Gasteiger partial charge in [-0.1, -0.05) is 24.3 Å². The zero-order chi connectivity index (χ0) is 22.5. The fourth-order valence-electron chi connectivity index (χ4n) is 4.44. The lowest BCUT2D eigenvalue weighted by Crippen LogP contribution is -2.34. The van der Waals surface area contributed by atoms with E-state index in [4.69, 9.17) is 14.2 Å². The molecule has 2 fully saturated rings. The van der Waals surface area contributed by atoms with Gasteiger partial charge in [-0.15, -0.1) is 0 Å². The average molecular weight is 449 g/mol. The van der Waals surface area contributed by atoms with Crippen LogP contribution in [-0.2, 0) is 9.47 Å². The van der Waals surface area contributed by atoms with E-state index in [1.165, 1.54) is 6.07 Å². The topological polar surface area (TPSA) is 109 Å². The summed E-state index contributed by atoms with van der Waals surface area (Å²) in [6.45, 7) is 0.515. The Bertz CT molecular complexity index is 1380. The number of aromatic amines is 2. The van der Waals surface area contributed by atoms with Gasteiger partial charge in [0.05, 0.1) is 24.2 Å². The van der Waals surface area contributed by atoms with Crippen LogP contribution in [0.4, 0.5) is 4.39 Å². The standard InChI is InChI=1S/C24H20FN3O5/c25-15-8-16-17(9-20(27-16)33-19-11-32-22-18(29)10-31-23(19)22)28-21(15)13-5-3-12(4-6-13)14-2-1-7-26-24(14)30/h1-9,18-19,22-23,27,29H,10-11H2,(H,26,30)/t18-,19-,22?,23?/m1/s1. The number of nitrogens with zero attached hydrogens (tertiary/aromatic N) is 1. The maximum absolute atomic E-state index is 14.9. The third kappa shape index (κ3) is 3.50. The molecule has 168 valence electrons. The third-order valence-electron chi connectivity index (χ3n) is 6.08. The molecule has 0 radical (unpaired) electrons. The Morgan fingerprint density at radius 3 is 2.67 bits per heavy atom. The molecule has 3 N–H and O–H groups in total. The van der Waals surface area contributed by atoms with Gasteiger partial charge in [-0.05, 0) is 17.7 Å². The highest BCUT2D eigenvalue weighted by Gasteiger charge is 2.48. The van der Waals surface area contributed by atoms with E-state index < -0.39 is 18.0 Å². The Hall–Kier alpha value is -3.53. The van der Waals surface area contributed by atoms with Crippen molar-refractivity contribution in [2.24, 2.45) is 0 Å². The Balaban J connectivity index is 1.27. The molecule has 1 aromatic carbocycles. The molecule has 2 unspecified atom stereocenters. The minimum absolute atomic E-state index is 0.188. The highest BCUT2D eigenvalue weighted by molar-refractivity contribution is 5.81. The lowest BCUT2D eigenvalue weighted by atomic mass is 10.0. The van der Waals surface area contributed by atoms with Crippen LogP contribution in [0.25, 0.3) is 33.4 Å². The SMILES string of the molecule is O=c1[nH]cccc1-c1ccc(-c2nc3cc(O[C@@H]4COC5C4OC[C@H]5O)[nH]c3cc2F)cc1. The van der Waals surface area contributed by atoms with Crippen molar-refractivity contribution in [3.8, 4) is 28.3 Å². The number of aromatic nitrogens is 3. The number of halogens is 1. The van der Waals surface area contributed by atoms with Crippen molar-refractivity contribution in [2.75, 3.05) is 13.2 Å². The average Bonchev–Trinajstić information content (AvgIpc) is 3.50. The van der Waals surface area contributed by atoms with Crippen molar-refractivity contribution in [3.63, 3.8) is 0 Å². The minimum Gasteiger partial charge on any atom is -0.470 e. The zero-order valence-electron chi connectivity index (χ0n) is 17.3. The molecule has 4 atom stereocenters. The zero-order valence-corrected chi connectivity index (χ0v) is 17.3. The second-order valence-electron chi connectivity index (χ2n) is 8.20. The van der Waals surface area contributed by atoms with Crippen molar-refractivity contribution in [3.05, 3.63) is 70.9 Å². The smallest absolute Gasteiger partial charge is 0.255 e. The van der Waals surface area contributed by atoms with Gasteiger partial charge in [-0.25, -0.2) is 9.37 Å². The van der Waals surface area contributed by atoms with E-state index in [2.05, 4.69) is 15.0 Å². The third-order valence-corrected chi connectivity index (χ3v) is 6.08. The van der Waals surface area contributed by atoms with Crippen molar-refractivity contribution in [1.29, 1.82) is 0 Å². The van der Waals surface area contributed by atoms with Crippen molar-refractivity contribution in [1.82, 2.24) is 15.0 Å². The molecule has 2 aliphatic heterocycles. The van der Waals surface area contributed by atoms with Gasteiger partial charge in [0.15, 0.2) is 17.8 Å². The molecular weight excluding hydrogens is 429 g/mol. The van der Waals surface area contributed by atoms with E-state index in [1.54, 1.807) is 48.7 Å². The number of aliphatic hydroxyl groups is 1. The van der Waals surface area contributed by atoms with Gasteiger partial charge in [0.1, 0.15) is 24.0 Å². The predicted octanol–water partition coefficient (Wildman–Crippen LogP) is 2.63. The molecule has 2 saturated heterocycles. The summed E-state index contributed by atoms with van der Waals surface area (Å²) in [5.74, 6) is -0.0559. The summed E-state index contributed by atoms with van der Waals surface area (Å²) < 4.78 is 32.0. The molecule has 2 aliphatic rings. The summed E-state index contributed by atoms with van der Waals surface area (Å²) in [7, 11) is 0. The number of benzene rings is 1. The number of hydrogen-bond donors (Lipinski definition) is 3. The van der Waals surface area contributed by atoms with Gasteiger partial charge < -0.3 is 29.3 Å². The van der Waals surface area contributed by atoms with Gasteiger partial charge >= 0.3 is 0 Å². The molecule has 0 aliphatic carbocycles. The van der Waals surface area contributed by atoms with Crippen molar-refractivity contribution < 1.29 is 23.7 Å². The van der Waals surface area contributed by atoms with Crippen molar-refractivity contribution >= 4 is 11.0 Å². The number of pyridine rings is 2. The van der Waals surface area contributed by atoms with E-state index in [0.29, 0.717) is 34.6 Å². The first-order chi connectivity index (χ1) is 16.1. The van der Waals surface area contributed by atoms with E-state index in [9.17, 15) is 14.3 Å². The molecular formula is C24H20FN3O5. The molecule has 8 nitrogen and oxygen atoms in total. The van der Waals surface area contributed by atoms with Crippen LogP contribution in [0.15, 0.2) is 59.5 Å². The second-order valence-corrected chi connectivity index (χ2v) is 8.20. The Kier molecular flexibility index (Phi) is 4.75. The largest absolute Gasteiger partial charge is 0.470 e. The van der Waals surface area contributed by atoms with Crippen LogP contribution in [-0.4, -0.2) is 57.7 Å². The molecule has 0 spiro atoms. The molecule has 0 saturated carbocycles. The first kappa shape index (κ1) is 20.1. The summed E-state index contributed by atoms with van der Waals surface area (Å²) >= 11 is 0. The first-order valence-electron chi connectivity index (χ1n) is 10.6. The van der Waals surface area contributed by atoms with Crippen LogP contribution in [0.3, 0.4) is 0 Å². The fourth-order valence-corrected chi connectivity index (χ4v) is 4.44. The van der Waals surface area contributed by atoms with Crippen LogP contribution in [0, 0.1) is 5.82 Å². The molecule has 0 amide bonds. The van der Waals surface area contributed by atoms with Gasteiger partial charge in [0.25, 0.3) is 5.56 Å². The summed E-state index contributed by atoms with van der Waals surface area (Å²) in [5, 5.41) is 9.88. The number of hydrogen-bond acceptors (Lipinski definition) is 6. The number of rotatable bonds is 4. The second kappa shape index (κ2) is 7.80. The summed E-state index contributed by atoms with van der Waals surface area (Å²) in [5.41, 5.74) is 2.93. The maximum Gasteiger partial charge on any atom is 0.255 e. The number of aliphatic hydroxyl groups excluding tert-OH is 1. The van der Waals surface area contributed by atoms with E-state index in [-0.39, 0.29) is 30.1 Å². The molecule has 4 aromatic rings. The quantitative estimate of drug-likeness (QED) is 0.442. The predicted molar refractivity (Wildman–Crippen MR) is 117 cm³/mol. The monoisotopic (exact) mass is 449 g/mol. The minimum atomic E-state index is -0.656. The lowest BCUT2D eigenvalue weighted by Gasteiger charge is -2.16. The molecule has 9 heteroatoms. The van der Waals surface area contributed by atoms with E-state index >= 15 is 0 Å². The highest BCUT2D eigenvalue weighted by atomic mass is 19.1. The molecule has 5 heterocycles. The molecule has 0 bridgehead atoms. The number of H-pyrrole nitrogens is 2. The molecule has 33 heavy (non-hydrogen) atoms. The lowest BCUT2D eigenvalue weighted by molar-refractivity contribution is 0.00794. The van der Waals surface area contributed by atoms with Crippen LogP contribution in [0.5, 0.6) is 5.88 Å². The number of nitrogens with one attached hydrogen (secondary N) is 2. The van der Waals surface area contributed by atoms with E-state index in [1.807, 2.05) is 0 Å². The fraction of sp³-hybridized carbons (Fsp3) is 0.250. The van der Waals surface area contributed by atoms with Gasteiger partial charge in [0.2, 0.25) is 0 Å². The Labute approximate surface area is 187 Å².